The first-order valence-corrected chi connectivity index (χ1v) is 6.82. The summed E-state index contributed by atoms with van der Waals surface area (Å²) in [6.45, 7) is 0.540. The summed E-state index contributed by atoms with van der Waals surface area (Å²) in [5.74, 6) is -0.900. The van der Waals surface area contributed by atoms with Gasteiger partial charge in [0.15, 0.2) is 0 Å². The van der Waals surface area contributed by atoms with Crippen LogP contribution >= 0.6 is 0 Å². The van der Waals surface area contributed by atoms with E-state index in [1.807, 2.05) is 0 Å². The van der Waals surface area contributed by atoms with Gasteiger partial charge < -0.3 is 15.2 Å². The van der Waals surface area contributed by atoms with E-state index in [1.54, 1.807) is 7.05 Å². The second-order valence-electron chi connectivity index (χ2n) is 5.25. The molecule has 0 bridgehead atoms. The van der Waals surface area contributed by atoms with Crippen LogP contribution in [0, 0.1) is 5.82 Å². The van der Waals surface area contributed by atoms with Gasteiger partial charge in [0.1, 0.15) is 17.5 Å². The first-order valence-electron chi connectivity index (χ1n) is 6.82. The Bertz CT molecular complexity index is 672. The molecule has 1 amide bonds. The van der Waals surface area contributed by atoms with Crippen molar-refractivity contribution in [1.29, 1.82) is 0 Å². The van der Waals surface area contributed by atoms with Crippen molar-refractivity contribution in [2.24, 2.45) is 0 Å². The Morgan fingerprint density at radius 2 is 2.38 bits per heavy atom. The number of aromatic amines is 1. The smallest absolute Gasteiger partial charge is 0.256 e. The number of hydrogen-bond acceptors (Lipinski definition) is 3. The van der Waals surface area contributed by atoms with Gasteiger partial charge in [-0.1, -0.05) is 0 Å². The summed E-state index contributed by atoms with van der Waals surface area (Å²) in [5.41, 5.74) is 1.04. The standard InChI is InChI=1S/C14H16F2N4O/c1-17-5-10-2-9(16)6-20(10)14(21)11-3-8(15)4-12-13(11)19-7-18-12/h3-4,7,9-10,17H,2,5-6H2,1H3,(H,18,19)/t9-,10-/m0/s1. The zero-order valence-electron chi connectivity index (χ0n) is 11.6. The molecule has 2 atom stereocenters. The molecule has 0 aliphatic carbocycles. The monoisotopic (exact) mass is 294 g/mol. The Morgan fingerprint density at radius 3 is 3.14 bits per heavy atom. The van der Waals surface area contributed by atoms with E-state index in [0.717, 1.165) is 6.07 Å². The molecule has 21 heavy (non-hydrogen) atoms. The van der Waals surface area contributed by atoms with Crippen LogP contribution in [-0.4, -0.2) is 53.1 Å². The SMILES string of the molecule is CNC[C@@H]1C[C@H](F)CN1C(=O)c1cc(F)cc2[nH]cnc12. The van der Waals surface area contributed by atoms with Crippen molar-refractivity contribution in [3.63, 3.8) is 0 Å². The lowest BCUT2D eigenvalue weighted by Gasteiger charge is -2.24. The molecule has 2 aromatic rings. The van der Waals surface area contributed by atoms with Gasteiger partial charge in [0.25, 0.3) is 5.91 Å². The predicted molar refractivity (Wildman–Crippen MR) is 74.3 cm³/mol. The molecule has 1 aliphatic rings. The van der Waals surface area contributed by atoms with Crippen LogP contribution in [0.3, 0.4) is 0 Å². The van der Waals surface area contributed by atoms with Gasteiger partial charge in [-0.3, -0.25) is 4.79 Å². The Morgan fingerprint density at radius 1 is 1.57 bits per heavy atom. The van der Waals surface area contributed by atoms with E-state index in [4.69, 9.17) is 0 Å². The molecule has 3 rings (SSSR count). The molecule has 0 radical (unpaired) electrons. The van der Waals surface area contributed by atoms with Gasteiger partial charge in [-0.15, -0.1) is 0 Å². The normalized spacial score (nSPS) is 22.1. The highest BCUT2D eigenvalue weighted by molar-refractivity contribution is 6.05. The zero-order chi connectivity index (χ0) is 15.0. The van der Waals surface area contributed by atoms with E-state index < -0.39 is 12.0 Å². The Kier molecular flexibility index (Phi) is 3.59. The number of fused-ring (bicyclic) bond motifs is 1. The number of nitrogens with one attached hydrogen (secondary N) is 2. The minimum atomic E-state index is -1.05. The molecular formula is C14H16F2N4O. The Balaban J connectivity index is 1.98. The van der Waals surface area contributed by atoms with Gasteiger partial charge in [0, 0.05) is 19.0 Å². The largest absolute Gasteiger partial charge is 0.344 e. The summed E-state index contributed by atoms with van der Waals surface area (Å²) in [7, 11) is 1.75. The first kappa shape index (κ1) is 13.9. The number of rotatable bonds is 3. The summed E-state index contributed by atoms with van der Waals surface area (Å²) in [6, 6.07) is 2.22. The second-order valence-corrected chi connectivity index (χ2v) is 5.25. The number of amides is 1. The highest BCUT2D eigenvalue weighted by Gasteiger charge is 2.36. The molecule has 2 N–H and O–H groups in total. The molecule has 112 valence electrons. The van der Waals surface area contributed by atoms with Crippen LogP contribution in [0.5, 0.6) is 0 Å². The summed E-state index contributed by atoms with van der Waals surface area (Å²) < 4.78 is 27.3. The molecule has 0 unspecified atom stereocenters. The fourth-order valence-electron chi connectivity index (χ4n) is 2.87. The number of nitrogens with zero attached hydrogens (tertiary/aromatic N) is 2. The number of carbonyl (C=O) groups is 1. The summed E-state index contributed by atoms with van der Waals surface area (Å²) in [6.07, 6.45) is 0.662. The van der Waals surface area contributed by atoms with Crippen molar-refractivity contribution in [2.45, 2.75) is 18.6 Å². The number of halogens is 2. The molecule has 0 saturated carbocycles. The molecule has 7 heteroatoms. The highest BCUT2D eigenvalue weighted by atomic mass is 19.1. The maximum atomic E-state index is 13.6. The lowest BCUT2D eigenvalue weighted by atomic mass is 10.1. The predicted octanol–water partition coefficient (Wildman–Crippen LogP) is 1.47. The number of benzene rings is 1. The van der Waals surface area contributed by atoms with Gasteiger partial charge >= 0.3 is 0 Å². The van der Waals surface area contributed by atoms with E-state index in [-0.39, 0.29) is 24.1 Å². The van der Waals surface area contributed by atoms with Gasteiger partial charge in [-0.2, -0.15) is 0 Å². The second kappa shape index (κ2) is 5.40. The molecule has 1 aromatic carbocycles. The lowest BCUT2D eigenvalue weighted by Crippen LogP contribution is -2.41. The van der Waals surface area contributed by atoms with Gasteiger partial charge in [-0.25, -0.2) is 13.8 Å². The number of likely N-dealkylation sites (tertiary alicyclic amines) is 1. The third-order valence-corrected chi connectivity index (χ3v) is 3.78. The summed E-state index contributed by atoms with van der Waals surface area (Å²) in [4.78, 5) is 21.0. The van der Waals surface area contributed by atoms with E-state index in [9.17, 15) is 13.6 Å². The fourth-order valence-corrected chi connectivity index (χ4v) is 2.87. The van der Waals surface area contributed by atoms with Crippen molar-refractivity contribution in [2.75, 3.05) is 20.1 Å². The third kappa shape index (κ3) is 2.49. The minimum absolute atomic E-state index is 0.0353. The molecular weight excluding hydrogens is 278 g/mol. The molecule has 1 fully saturated rings. The Labute approximate surface area is 120 Å². The molecule has 1 aromatic heterocycles. The molecule has 1 saturated heterocycles. The topological polar surface area (TPSA) is 61.0 Å². The van der Waals surface area contributed by atoms with Crippen LogP contribution in [0.1, 0.15) is 16.8 Å². The molecule has 1 aliphatic heterocycles. The number of hydrogen-bond donors (Lipinski definition) is 2. The van der Waals surface area contributed by atoms with Crippen molar-refractivity contribution >= 4 is 16.9 Å². The van der Waals surface area contributed by atoms with Crippen LogP contribution < -0.4 is 5.32 Å². The van der Waals surface area contributed by atoms with Crippen LogP contribution in [0.2, 0.25) is 0 Å². The van der Waals surface area contributed by atoms with Gasteiger partial charge in [0.2, 0.25) is 0 Å². The summed E-state index contributed by atoms with van der Waals surface area (Å²) in [5, 5.41) is 2.95. The van der Waals surface area contributed by atoms with E-state index >= 15 is 0 Å². The Hall–Kier alpha value is -2.02. The maximum Gasteiger partial charge on any atom is 0.256 e. The number of imidazole rings is 1. The van der Waals surface area contributed by atoms with Gasteiger partial charge in [-0.05, 0) is 19.2 Å². The zero-order valence-corrected chi connectivity index (χ0v) is 11.6. The van der Waals surface area contributed by atoms with Crippen molar-refractivity contribution in [1.82, 2.24) is 20.2 Å². The quantitative estimate of drug-likeness (QED) is 0.901. The van der Waals surface area contributed by atoms with Crippen molar-refractivity contribution < 1.29 is 13.6 Å². The average molecular weight is 294 g/mol. The molecule has 0 spiro atoms. The number of alkyl halides is 1. The number of carbonyl (C=O) groups excluding carboxylic acids is 1. The van der Waals surface area contributed by atoms with Crippen molar-refractivity contribution in [3.05, 3.63) is 29.8 Å². The minimum Gasteiger partial charge on any atom is -0.344 e. The summed E-state index contributed by atoms with van der Waals surface area (Å²) >= 11 is 0. The van der Waals surface area contributed by atoms with Gasteiger partial charge in [0.05, 0.1) is 24.0 Å². The van der Waals surface area contributed by atoms with Crippen LogP contribution in [0.4, 0.5) is 8.78 Å². The van der Waals surface area contributed by atoms with E-state index in [0.29, 0.717) is 24.0 Å². The average Bonchev–Trinajstić information content (AvgIpc) is 3.04. The lowest BCUT2D eigenvalue weighted by molar-refractivity contribution is 0.0731. The van der Waals surface area contributed by atoms with Crippen LogP contribution in [-0.2, 0) is 0 Å². The van der Waals surface area contributed by atoms with Crippen molar-refractivity contribution in [3.8, 4) is 0 Å². The number of aromatic nitrogens is 2. The number of H-pyrrole nitrogens is 1. The third-order valence-electron chi connectivity index (χ3n) is 3.78. The number of likely N-dealkylation sites (N-methyl/N-ethyl adjacent to an activating group) is 1. The molecule has 2 heterocycles. The van der Waals surface area contributed by atoms with E-state index in [1.165, 1.54) is 17.3 Å². The fraction of sp³-hybridized carbons (Fsp3) is 0.429. The highest BCUT2D eigenvalue weighted by Crippen LogP contribution is 2.25. The first-order chi connectivity index (χ1) is 10.1. The van der Waals surface area contributed by atoms with E-state index in [2.05, 4.69) is 15.3 Å². The maximum absolute atomic E-state index is 13.6. The van der Waals surface area contributed by atoms with Crippen LogP contribution in [0.25, 0.3) is 11.0 Å². The van der Waals surface area contributed by atoms with Crippen LogP contribution in [0.15, 0.2) is 18.5 Å². The molecule has 5 nitrogen and oxygen atoms in total.